The third-order valence-electron chi connectivity index (χ3n) is 9.22. The van der Waals surface area contributed by atoms with Gasteiger partial charge >= 0.3 is 0 Å². The van der Waals surface area contributed by atoms with Crippen molar-refractivity contribution >= 4 is 10.8 Å². The van der Waals surface area contributed by atoms with Crippen LogP contribution >= 0.6 is 0 Å². The first kappa shape index (κ1) is 33.2. The molecular formula is C45H38IrN2-2. The maximum absolute atomic E-state index is 4.53. The minimum absolute atomic E-state index is 0. The van der Waals surface area contributed by atoms with Crippen LogP contribution in [0.25, 0.3) is 55.5 Å². The third kappa shape index (κ3) is 6.41. The molecule has 0 aliphatic heterocycles. The molecule has 0 atom stereocenters. The van der Waals surface area contributed by atoms with Gasteiger partial charge in [0.25, 0.3) is 0 Å². The molecule has 0 unspecified atom stereocenters. The maximum atomic E-state index is 4.53. The van der Waals surface area contributed by atoms with E-state index in [4.69, 9.17) is 0 Å². The van der Waals surface area contributed by atoms with Gasteiger partial charge in [-0.2, -0.15) is 0 Å². The second kappa shape index (κ2) is 13.4. The Bertz CT molecular complexity index is 2200. The quantitative estimate of drug-likeness (QED) is 0.166. The summed E-state index contributed by atoms with van der Waals surface area (Å²) in [6, 6.07) is 51.2. The predicted octanol–water partition coefficient (Wildman–Crippen LogP) is 11.5. The van der Waals surface area contributed by atoms with E-state index < -0.39 is 0 Å². The van der Waals surface area contributed by atoms with Crippen molar-refractivity contribution in [3.63, 3.8) is 0 Å². The molecule has 0 bridgehead atoms. The molecule has 0 saturated carbocycles. The van der Waals surface area contributed by atoms with Crippen molar-refractivity contribution in [2.45, 2.75) is 45.4 Å². The number of hydrogen-bond acceptors (Lipinski definition) is 2. The normalized spacial score (nSPS) is 12.7. The molecule has 0 saturated heterocycles. The molecule has 48 heavy (non-hydrogen) atoms. The number of nitrogens with zero attached hydrogens (tertiary/aromatic N) is 2. The van der Waals surface area contributed by atoms with Crippen LogP contribution in [0.1, 0.15) is 51.3 Å². The Labute approximate surface area is 298 Å². The monoisotopic (exact) mass is 799 g/mol. The fourth-order valence-corrected chi connectivity index (χ4v) is 6.67. The van der Waals surface area contributed by atoms with Crippen LogP contribution in [-0.2, 0) is 30.9 Å². The van der Waals surface area contributed by atoms with Crippen LogP contribution in [0.3, 0.4) is 0 Å². The predicted molar refractivity (Wildman–Crippen MR) is 196 cm³/mol. The molecule has 1 aliphatic carbocycles. The van der Waals surface area contributed by atoms with Crippen molar-refractivity contribution in [3.05, 3.63) is 169 Å². The summed E-state index contributed by atoms with van der Waals surface area (Å²) in [5.41, 5.74) is 13.2. The van der Waals surface area contributed by atoms with Crippen LogP contribution in [0.5, 0.6) is 0 Å². The van der Waals surface area contributed by atoms with E-state index in [1.165, 1.54) is 49.7 Å². The average Bonchev–Trinajstić information content (AvgIpc) is 3.35. The Kier molecular flexibility index (Phi) is 9.30. The molecule has 239 valence electrons. The Balaban J connectivity index is 0.000000165. The zero-order chi connectivity index (χ0) is 32.6. The average molecular weight is 799 g/mol. The van der Waals surface area contributed by atoms with Gasteiger partial charge in [0.1, 0.15) is 0 Å². The first-order chi connectivity index (χ1) is 22.7. The van der Waals surface area contributed by atoms with E-state index in [1.807, 2.05) is 42.7 Å². The molecule has 0 amide bonds. The van der Waals surface area contributed by atoms with Crippen molar-refractivity contribution in [2.24, 2.45) is 0 Å². The van der Waals surface area contributed by atoms with E-state index in [2.05, 4.69) is 154 Å². The van der Waals surface area contributed by atoms with Gasteiger partial charge in [0, 0.05) is 32.5 Å². The van der Waals surface area contributed by atoms with Gasteiger partial charge in [0.05, 0.1) is 0 Å². The molecule has 1 aliphatic rings. The van der Waals surface area contributed by atoms with Crippen molar-refractivity contribution in [2.75, 3.05) is 0 Å². The Hall–Kier alpha value is -4.69. The number of pyridine rings is 2. The summed E-state index contributed by atoms with van der Waals surface area (Å²) < 4.78 is 0. The molecule has 2 heterocycles. The molecule has 1 radical (unpaired) electrons. The molecule has 0 N–H and O–H groups in total. The topological polar surface area (TPSA) is 25.8 Å². The van der Waals surface area contributed by atoms with Crippen LogP contribution < -0.4 is 0 Å². The van der Waals surface area contributed by atoms with Crippen LogP contribution in [0.15, 0.2) is 140 Å². The molecule has 2 nitrogen and oxygen atoms in total. The minimum atomic E-state index is -0.0375. The van der Waals surface area contributed by atoms with Crippen molar-refractivity contribution in [1.29, 1.82) is 0 Å². The van der Waals surface area contributed by atoms with Crippen molar-refractivity contribution < 1.29 is 20.1 Å². The van der Waals surface area contributed by atoms with E-state index in [9.17, 15) is 0 Å². The summed E-state index contributed by atoms with van der Waals surface area (Å²) in [6.07, 6.45) is 3.72. The van der Waals surface area contributed by atoms with Crippen LogP contribution in [0.4, 0.5) is 0 Å². The fourth-order valence-electron chi connectivity index (χ4n) is 6.67. The summed E-state index contributed by atoms with van der Waals surface area (Å²) in [4.78, 5) is 9.02. The molecular weight excluding hydrogens is 761 g/mol. The first-order valence-electron chi connectivity index (χ1n) is 16.2. The van der Waals surface area contributed by atoms with Gasteiger partial charge in [-0.05, 0) is 61.8 Å². The summed E-state index contributed by atoms with van der Waals surface area (Å²) in [5.74, 6) is 0. The SMILES string of the molecule is CC(C)(C)c1ccnc(-c2[c-]ccc(-c3ccccc3)c2)c1.CC1(C)c2cc(-c3ccccn3)[c-]cc2-c2ccc3ccccc3c21.[Ir]. The summed E-state index contributed by atoms with van der Waals surface area (Å²) in [7, 11) is 0. The van der Waals surface area contributed by atoms with Crippen LogP contribution in [-0.4, -0.2) is 9.97 Å². The molecule has 0 spiro atoms. The Morgan fingerprint density at radius 3 is 2.10 bits per heavy atom. The van der Waals surface area contributed by atoms with Crippen LogP contribution in [0.2, 0.25) is 0 Å². The van der Waals surface area contributed by atoms with E-state index in [0.29, 0.717) is 0 Å². The van der Waals surface area contributed by atoms with Gasteiger partial charge in [0.2, 0.25) is 0 Å². The second-order valence-electron chi connectivity index (χ2n) is 13.8. The van der Waals surface area contributed by atoms with Gasteiger partial charge < -0.3 is 9.97 Å². The second-order valence-corrected chi connectivity index (χ2v) is 13.8. The van der Waals surface area contributed by atoms with Gasteiger partial charge in [-0.25, -0.2) is 0 Å². The molecule has 7 aromatic rings. The number of fused-ring (bicyclic) bond motifs is 5. The minimum Gasteiger partial charge on any atom is -0.305 e. The molecule has 5 aromatic carbocycles. The maximum Gasteiger partial charge on any atom is 0.0163 e. The largest absolute Gasteiger partial charge is 0.305 e. The number of aromatic nitrogens is 2. The van der Waals surface area contributed by atoms with Crippen molar-refractivity contribution in [1.82, 2.24) is 9.97 Å². The van der Waals surface area contributed by atoms with E-state index in [-0.39, 0.29) is 30.9 Å². The molecule has 8 rings (SSSR count). The summed E-state index contributed by atoms with van der Waals surface area (Å²) in [5, 5.41) is 2.65. The Morgan fingerprint density at radius 2 is 1.33 bits per heavy atom. The molecule has 3 heteroatoms. The standard InChI is InChI=1S/C24H18N.C21H20N.Ir/c1-24(2)21-15-17(22-9-5-6-14-25-22)11-12-19(21)20-13-10-16-7-3-4-8-18(16)23(20)24;1-21(2,3)19-12-13-22-20(15-19)18-11-7-10-17(14-18)16-8-5-4-6-9-16;/h3-10,12-15H,1-2H3;4-10,12-15H,1-3H3;/q2*-1;. The van der Waals surface area contributed by atoms with Gasteiger partial charge in [0.15, 0.2) is 0 Å². The molecule has 0 fully saturated rings. The Morgan fingerprint density at radius 1 is 0.604 bits per heavy atom. The zero-order valence-corrected chi connectivity index (χ0v) is 30.4. The van der Waals surface area contributed by atoms with E-state index in [0.717, 1.165) is 22.5 Å². The first-order valence-corrected chi connectivity index (χ1v) is 16.2. The molecule has 2 aromatic heterocycles. The third-order valence-corrected chi connectivity index (χ3v) is 9.22. The number of benzene rings is 5. The van der Waals surface area contributed by atoms with Gasteiger partial charge in [-0.15, -0.1) is 64.7 Å². The van der Waals surface area contributed by atoms with Crippen LogP contribution in [0, 0.1) is 12.1 Å². The van der Waals surface area contributed by atoms with Gasteiger partial charge in [-0.3, -0.25) is 0 Å². The number of rotatable bonds is 3. The summed E-state index contributed by atoms with van der Waals surface area (Å²) in [6.45, 7) is 11.3. The fraction of sp³-hybridized carbons (Fsp3) is 0.156. The van der Waals surface area contributed by atoms with Crippen molar-refractivity contribution in [3.8, 4) is 44.8 Å². The summed E-state index contributed by atoms with van der Waals surface area (Å²) >= 11 is 0. The smallest absolute Gasteiger partial charge is 0.0163 e. The number of hydrogen-bond donors (Lipinski definition) is 0. The zero-order valence-electron chi connectivity index (χ0n) is 28.0. The van der Waals surface area contributed by atoms with Gasteiger partial charge in [-0.1, -0.05) is 131 Å². The van der Waals surface area contributed by atoms with E-state index in [1.54, 1.807) is 0 Å². The van der Waals surface area contributed by atoms with E-state index >= 15 is 0 Å².